The third kappa shape index (κ3) is 2.80. The Balaban J connectivity index is 1.60. The molecular weight excluding hydrogens is 282 g/mol. The van der Waals surface area contributed by atoms with Crippen LogP contribution in [-0.4, -0.2) is 35.0 Å². The van der Waals surface area contributed by atoms with E-state index in [-0.39, 0.29) is 12.5 Å². The predicted octanol–water partition coefficient (Wildman–Crippen LogP) is 2.74. The first-order valence-corrected chi connectivity index (χ1v) is 7.69. The molecule has 0 bridgehead atoms. The van der Waals surface area contributed by atoms with Gasteiger partial charge in [0.1, 0.15) is 11.5 Å². The van der Waals surface area contributed by atoms with Crippen molar-refractivity contribution in [3.63, 3.8) is 0 Å². The van der Waals surface area contributed by atoms with Gasteiger partial charge in [-0.05, 0) is 43.9 Å². The van der Waals surface area contributed by atoms with Gasteiger partial charge in [0.2, 0.25) is 5.91 Å². The maximum atomic E-state index is 12.1. The van der Waals surface area contributed by atoms with Crippen molar-refractivity contribution in [2.24, 2.45) is 11.3 Å². The zero-order valence-electron chi connectivity index (χ0n) is 12.9. The number of aliphatic carboxylic acids is 1. The molecule has 0 radical (unpaired) electrons. The quantitative estimate of drug-likeness (QED) is 0.868. The van der Waals surface area contributed by atoms with Gasteiger partial charge in [-0.25, -0.2) is 0 Å². The van der Waals surface area contributed by atoms with Gasteiger partial charge in [0.15, 0.2) is 0 Å². The van der Waals surface area contributed by atoms with Crippen molar-refractivity contribution in [3.05, 3.63) is 29.7 Å². The molecule has 1 amide bonds. The molecule has 0 spiro atoms. The fourth-order valence-electron chi connectivity index (χ4n) is 2.96. The van der Waals surface area contributed by atoms with E-state index in [2.05, 4.69) is 6.92 Å². The number of hydrogen-bond acceptors (Lipinski definition) is 3. The van der Waals surface area contributed by atoms with E-state index >= 15 is 0 Å². The summed E-state index contributed by atoms with van der Waals surface area (Å²) in [7, 11) is 0. The van der Waals surface area contributed by atoms with Crippen LogP contribution in [0.2, 0.25) is 0 Å². The molecule has 0 aromatic carbocycles. The minimum absolute atomic E-state index is 0.164. The van der Waals surface area contributed by atoms with Crippen LogP contribution < -0.4 is 0 Å². The van der Waals surface area contributed by atoms with Crippen molar-refractivity contribution in [1.82, 2.24) is 4.90 Å². The smallest absolute Gasteiger partial charge is 0.311 e. The molecule has 3 unspecified atom stereocenters. The number of carboxylic acids is 1. The third-order valence-corrected chi connectivity index (χ3v) is 4.81. The molecule has 2 heterocycles. The van der Waals surface area contributed by atoms with E-state index in [0.717, 1.165) is 12.2 Å². The van der Waals surface area contributed by atoms with Crippen LogP contribution in [0.4, 0.5) is 0 Å². The zero-order chi connectivity index (χ0) is 15.9. The highest BCUT2D eigenvalue weighted by Crippen LogP contribution is 2.47. The van der Waals surface area contributed by atoms with Crippen LogP contribution in [0.3, 0.4) is 0 Å². The van der Waals surface area contributed by atoms with Gasteiger partial charge in [0.05, 0.1) is 5.41 Å². The molecule has 1 aromatic rings. The molecule has 2 fully saturated rings. The molecule has 2 aliphatic rings. The topological polar surface area (TPSA) is 70.8 Å². The third-order valence-electron chi connectivity index (χ3n) is 4.81. The van der Waals surface area contributed by atoms with E-state index in [9.17, 15) is 14.7 Å². The lowest BCUT2D eigenvalue weighted by Crippen LogP contribution is -2.34. The molecule has 5 nitrogen and oxygen atoms in total. The molecule has 118 valence electrons. The molecule has 1 saturated carbocycles. The highest BCUT2D eigenvalue weighted by molar-refractivity contribution is 5.92. The summed E-state index contributed by atoms with van der Waals surface area (Å²) >= 11 is 0. The van der Waals surface area contributed by atoms with Gasteiger partial charge in [-0.3, -0.25) is 9.59 Å². The minimum Gasteiger partial charge on any atom is -0.481 e. The monoisotopic (exact) mass is 303 g/mol. The molecule has 1 aromatic heterocycles. The predicted molar refractivity (Wildman–Crippen MR) is 81.2 cm³/mol. The normalized spacial score (nSPS) is 30.9. The summed E-state index contributed by atoms with van der Waals surface area (Å²) in [5.41, 5.74) is -0.830. The first-order chi connectivity index (χ1) is 10.4. The second kappa shape index (κ2) is 5.30. The fraction of sp³-hybridized carbons (Fsp3) is 0.529. The van der Waals surface area contributed by atoms with Gasteiger partial charge >= 0.3 is 5.97 Å². The molecule has 1 aliphatic carbocycles. The van der Waals surface area contributed by atoms with Crippen LogP contribution >= 0.6 is 0 Å². The van der Waals surface area contributed by atoms with Crippen LogP contribution in [0.15, 0.2) is 22.6 Å². The summed E-state index contributed by atoms with van der Waals surface area (Å²) in [5, 5.41) is 9.19. The SMILES string of the molecule is CC1CC1c1ccc(C=CC(=O)N2CCC(C)(C(=O)O)C2)o1. The lowest BCUT2D eigenvalue weighted by atomic mass is 9.90. The van der Waals surface area contributed by atoms with Gasteiger partial charge in [-0.2, -0.15) is 0 Å². The highest BCUT2D eigenvalue weighted by Gasteiger charge is 2.41. The first kappa shape index (κ1) is 14.9. The second-order valence-corrected chi connectivity index (χ2v) is 6.77. The van der Waals surface area contributed by atoms with E-state index in [4.69, 9.17) is 4.42 Å². The number of rotatable bonds is 4. The molecular formula is C17H21NO4. The lowest BCUT2D eigenvalue weighted by Gasteiger charge is -2.18. The largest absolute Gasteiger partial charge is 0.481 e. The van der Waals surface area contributed by atoms with Crippen molar-refractivity contribution < 1.29 is 19.1 Å². The zero-order valence-corrected chi connectivity index (χ0v) is 12.9. The van der Waals surface area contributed by atoms with Crippen molar-refractivity contribution in [3.8, 4) is 0 Å². The summed E-state index contributed by atoms with van der Waals surface area (Å²) in [6.45, 7) is 4.62. The van der Waals surface area contributed by atoms with Crippen molar-refractivity contribution in [2.45, 2.75) is 32.6 Å². The van der Waals surface area contributed by atoms with E-state index in [0.29, 0.717) is 30.6 Å². The maximum absolute atomic E-state index is 12.1. The Bertz CT molecular complexity index is 632. The average Bonchev–Trinajstić information content (AvgIpc) is 2.92. The van der Waals surface area contributed by atoms with Crippen LogP contribution in [0.5, 0.6) is 0 Å². The molecule has 1 N–H and O–H groups in total. The summed E-state index contributed by atoms with van der Waals surface area (Å²) in [6.07, 6.45) is 4.78. The van der Waals surface area contributed by atoms with Gasteiger partial charge in [-0.15, -0.1) is 0 Å². The number of nitrogens with zero attached hydrogens (tertiary/aromatic N) is 1. The van der Waals surface area contributed by atoms with Crippen molar-refractivity contribution >= 4 is 18.0 Å². The van der Waals surface area contributed by atoms with E-state index < -0.39 is 11.4 Å². The van der Waals surface area contributed by atoms with Gasteiger partial charge in [0, 0.05) is 25.1 Å². The average molecular weight is 303 g/mol. The van der Waals surface area contributed by atoms with Gasteiger partial charge in [-0.1, -0.05) is 6.92 Å². The van der Waals surface area contributed by atoms with E-state index in [1.165, 1.54) is 6.08 Å². The van der Waals surface area contributed by atoms with Crippen LogP contribution in [0.25, 0.3) is 6.08 Å². The molecule has 1 aliphatic heterocycles. The number of likely N-dealkylation sites (tertiary alicyclic amines) is 1. The number of carbonyl (C=O) groups is 2. The summed E-state index contributed by atoms with van der Waals surface area (Å²) < 4.78 is 5.72. The molecule has 22 heavy (non-hydrogen) atoms. The summed E-state index contributed by atoms with van der Waals surface area (Å²) in [4.78, 5) is 24.9. The van der Waals surface area contributed by atoms with Crippen molar-refractivity contribution in [1.29, 1.82) is 0 Å². The highest BCUT2D eigenvalue weighted by atomic mass is 16.4. The van der Waals surface area contributed by atoms with Crippen LogP contribution in [-0.2, 0) is 9.59 Å². The Morgan fingerprint density at radius 3 is 2.77 bits per heavy atom. The van der Waals surface area contributed by atoms with E-state index in [1.807, 2.05) is 12.1 Å². The Kier molecular flexibility index (Phi) is 3.59. The first-order valence-electron chi connectivity index (χ1n) is 7.69. The van der Waals surface area contributed by atoms with Gasteiger partial charge < -0.3 is 14.4 Å². The number of furan rings is 1. The maximum Gasteiger partial charge on any atom is 0.311 e. The lowest BCUT2D eigenvalue weighted by molar-refractivity contribution is -0.147. The molecule has 3 atom stereocenters. The number of carbonyl (C=O) groups excluding carboxylic acids is 1. The van der Waals surface area contributed by atoms with Crippen LogP contribution in [0.1, 0.15) is 44.1 Å². The Labute approximate surface area is 129 Å². The van der Waals surface area contributed by atoms with E-state index in [1.54, 1.807) is 17.9 Å². The number of carboxylic acid groups (broad SMARTS) is 1. The van der Waals surface area contributed by atoms with Crippen molar-refractivity contribution in [2.75, 3.05) is 13.1 Å². The van der Waals surface area contributed by atoms with Crippen LogP contribution in [0, 0.1) is 11.3 Å². The van der Waals surface area contributed by atoms with Gasteiger partial charge in [0.25, 0.3) is 0 Å². The Morgan fingerprint density at radius 2 is 2.18 bits per heavy atom. The fourth-order valence-corrected chi connectivity index (χ4v) is 2.96. The Morgan fingerprint density at radius 1 is 1.45 bits per heavy atom. The number of hydrogen-bond donors (Lipinski definition) is 1. The molecule has 1 saturated heterocycles. The second-order valence-electron chi connectivity index (χ2n) is 6.77. The summed E-state index contributed by atoms with van der Waals surface area (Å²) in [6, 6.07) is 3.84. The minimum atomic E-state index is -0.846. The number of amides is 1. The standard InChI is InChI=1S/C17H21NO4/c1-11-9-13(11)14-5-3-12(22-14)4-6-15(19)18-8-7-17(2,10-18)16(20)21/h3-6,11,13H,7-10H2,1-2H3,(H,20,21). The Hall–Kier alpha value is -2.04. The molecule has 5 heteroatoms. The summed E-state index contributed by atoms with van der Waals surface area (Å²) in [5.74, 6) is 1.85. The molecule has 3 rings (SSSR count).